The number of nitrogens with two attached hydrogens (primary N) is 1. The third-order valence-corrected chi connectivity index (χ3v) is 1.68. The first kappa shape index (κ1) is 12.2. The lowest BCUT2D eigenvalue weighted by molar-refractivity contribution is -0.804. The number of carbonyl (C=O) groups excluding carboxylic acids is 1. The first-order valence-corrected chi connectivity index (χ1v) is 4.77. The second-order valence-electron chi connectivity index (χ2n) is 3.63. The van der Waals surface area contributed by atoms with Gasteiger partial charge in [0.05, 0.1) is 6.54 Å². The van der Waals surface area contributed by atoms with Gasteiger partial charge in [-0.15, -0.1) is 0 Å². The Kier molecular flexibility index (Phi) is 4.06. The van der Waals surface area contributed by atoms with Crippen molar-refractivity contribution in [1.82, 2.24) is 10.5 Å². The smallest absolute Gasteiger partial charge is 0.367 e. The van der Waals surface area contributed by atoms with Crippen molar-refractivity contribution in [1.29, 1.82) is 0 Å². The molecular formula is C8H14N4O4. The summed E-state index contributed by atoms with van der Waals surface area (Å²) in [7, 11) is 0. The van der Waals surface area contributed by atoms with Gasteiger partial charge in [-0.3, -0.25) is 4.63 Å². The highest BCUT2D eigenvalue weighted by Crippen LogP contribution is 2.09. The zero-order valence-corrected chi connectivity index (χ0v) is 9.10. The lowest BCUT2D eigenvalue weighted by Gasteiger charge is -2.03. The van der Waals surface area contributed by atoms with Crippen LogP contribution in [0.3, 0.4) is 0 Å². The van der Waals surface area contributed by atoms with Gasteiger partial charge in [-0.2, -0.15) is 0 Å². The number of aromatic nitrogens is 2. The van der Waals surface area contributed by atoms with E-state index < -0.39 is 6.09 Å². The maximum atomic E-state index is 11.0. The van der Waals surface area contributed by atoms with Crippen LogP contribution in [0.4, 0.5) is 4.79 Å². The van der Waals surface area contributed by atoms with Crippen LogP contribution in [0.25, 0.3) is 0 Å². The Morgan fingerprint density at radius 1 is 1.75 bits per heavy atom. The van der Waals surface area contributed by atoms with Crippen LogP contribution in [0.1, 0.15) is 19.5 Å². The van der Waals surface area contributed by atoms with Gasteiger partial charge in [-0.25, -0.2) is 4.79 Å². The summed E-state index contributed by atoms with van der Waals surface area (Å²) in [6.07, 6.45) is -1.09. The van der Waals surface area contributed by atoms with Crippen LogP contribution in [0.15, 0.2) is 4.63 Å². The average molecular weight is 230 g/mol. The normalized spacial score (nSPS) is 10.7. The maximum absolute atomic E-state index is 11.0. The van der Waals surface area contributed by atoms with Gasteiger partial charge >= 0.3 is 12.0 Å². The van der Waals surface area contributed by atoms with Crippen LogP contribution in [0.2, 0.25) is 0 Å². The molecule has 0 aliphatic heterocycles. The van der Waals surface area contributed by atoms with Crippen molar-refractivity contribution in [3.8, 4) is 5.88 Å². The minimum atomic E-state index is -1.09. The van der Waals surface area contributed by atoms with Gasteiger partial charge in [-0.05, 0) is 17.4 Å². The molecule has 90 valence electrons. The van der Waals surface area contributed by atoms with Gasteiger partial charge in [0, 0.05) is 5.16 Å². The summed E-state index contributed by atoms with van der Waals surface area (Å²) >= 11 is 0. The molecule has 8 nitrogen and oxygen atoms in total. The number of hydrogen-bond donors (Lipinski definition) is 2. The van der Waals surface area contributed by atoms with Gasteiger partial charge in [-0.1, -0.05) is 13.8 Å². The summed E-state index contributed by atoms with van der Waals surface area (Å²) in [5, 5.41) is 17.5. The molecule has 1 heterocycles. The molecule has 0 aliphatic rings. The molecular weight excluding hydrogens is 216 g/mol. The molecule has 3 N–H and O–H groups in total. The Morgan fingerprint density at radius 3 is 3.00 bits per heavy atom. The Balaban J connectivity index is 2.61. The first-order chi connectivity index (χ1) is 7.50. The molecule has 16 heavy (non-hydrogen) atoms. The third kappa shape index (κ3) is 3.39. The van der Waals surface area contributed by atoms with E-state index >= 15 is 0 Å². The van der Waals surface area contributed by atoms with E-state index in [2.05, 4.69) is 19.8 Å². The minimum absolute atomic E-state index is 0.00283. The van der Waals surface area contributed by atoms with E-state index in [4.69, 9.17) is 5.73 Å². The van der Waals surface area contributed by atoms with E-state index in [0.717, 1.165) is 6.54 Å². The van der Waals surface area contributed by atoms with Crippen molar-refractivity contribution < 1.29 is 19.1 Å². The molecule has 1 amide bonds. The van der Waals surface area contributed by atoms with Gasteiger partial charge in [0.25, 0.3) is 5.69 Å². The number of nitrogens with zero attached hydrogens (tertiary/aromatic N) is 2. The Morgan fingerprint density at radius 2 is 2.44 bits per heavy atom. The van der Waals surface area contributed by atoms with Crippen molar-refractivity contribution in [2.75, 3.05) is 6.54 Å². The summed E-state index contributed by atoms with van der Waals surface area (Å²) in [4.78, 5) is 10.5. The second-order valence-corrected chi connectivity index (χ2v) is 3.63. The molecule has 0 atom stereocenters. The highest BCUT2D eigenvalue weighted by Gasteiger charge is 2.22. The van der Waals surface area contributed by atoms with Crippen LogP contribution in [0.5, 0.6) is 5.88 Å². The van der Waals surface area contributed by atoms with E-state index in [1.165, 1.54) is 0 Å². The lowest BCUT2D eigenvalue weighted by atomic mass is 10.2. The summed E-state index contributed by atoms with van der Waals surface area (Å²) < 4.78 is 8.76. The average Bonchev–Trinajstić information content (AvgIpc) is 2.48. The van der Waals surface area contributed by atoms with Gasteiger partial charge in [0.2, 0.25) is 0 Å². The third-order valence-electron chi connectivity index (χ3n) is 1.68. The van der Waals surface area contributed by atoms with Crippen molar-refractivity contribution in [2.45, 2.75) is 20.4 Å². The van der Waals surface area contributed by atoms with Gasteiger partial charge in [0.15, 0.2) is 0 Å². The molecule has 0 bridgehead atoms. The van der Waals surface area contributed by atoms with Crippen LogP contribution < -0.4 is 20.7 Å². The van der Waals surface area contributed by atoms with E-state index in [0.29, 0.717) is 5.92 Å². The van der Waals surface area contributed by atoms with E-state index in [-0.39, 0.29) is 23.0 Å². The Hall–Kier alpha value is -1.83. The maximum Gasteiger partial charge on any atom is 0.412 e. The summed E-state index contributed by atoms with van der Waals surface area (Å²) in [5.41, 5.74) is 5.00. The van der Waals surface area contributed by atoms with Crippen LogP contribution in [0, 0.1) is 11.1 Å². The number of nitrogens with one attached hydrogen (secondary N) is 1. The molecule has 0 aliphatic carbocycles. The summed E-state index contributed by atoms with van der Waals surface area (Å²) in [6.45, 7) is 5.07. The number of primary amides is 1. The topological polar surface area (TPSA) is 117 Å². The fraction of sp³-hybridized carbons (Fsp3) is 0.625. The monoisotopic (exact) mass is 230 g/mol. The molecule has 0 saturated heterocycles. The fourth-order valence-corrected chi connectivity index (χ4v) is 1.05. The molecule has 0 spiro atoms. The van der Waals surface area contributed by atoms with Crippen molar-refractivity contribution in [2.24, 2.45) is 11.7 Å². The standard InChI is InChI=1S/C8H14N4O4/c1-5(2)3-10-4-6-7(15-8(9)13)12(14)16-11-6/h5,10H,3-4H2,1-2H3,(H2,9,13). The number of rotatable bonds is 5. The SMILES string of the molecule is CC(C)CNCc1no[n+]([O-])c1OC(N)=O. The quantitative estimate of drug-likeness (QED) is 0.659. The van der Waals surface area contributed by atoms with Gasteiger partial charge < -0.3 is 21.0 Å². The molecule has 1 aromatic rings. The largest absolute Gasteiger partial charge is 0.412 e. The summed E-state index contributed by atoms with van der Waals surface area (Å²) in [6, 6.07) is 0. The van der Waals surface area contributed by atoms with Crippen molar-refractivity contribution in [3.63, 3.8) is 0 Å². The number of ether oxygens (including phenoxy) is 1. The highest BCUT2D eigenvalue weighted by molar-refractivity contribution is 5.67. The molecule has 0 saturated carbocycles. The number of carbonyl (C=O) groups is 1. The number of hydrogen-bond acceptors (Lipinski definition) is 6. The molecule has 1 rings (SSSR count). The molecule has 1 aromatic heterocycles. The lowest BCUT2D eigenvalue weighted by Crippen LogP contribution is -2.30. The predicted molar refractivity (Wildman–Crippen MR) is 52.2 cm³/mol. The van der Waals surface area contributed by atoms with E-state index in [1.807, 2.05) is 13.8 Å². The Bertz CT molecular complexity index is 363. The molecule has 0 unspecified atom stereocenters. The predicted octanol–water partition coefficient (Wildman–Crippen LogP) is -0.489. The van der Waals surface area contributed by atoms with E-state index in [9.17, 15) is 10.0 Å². The minimum Gasteiger partial charge on any atom is -0.367 e. The zero-order chi connectivity index (χ0) is 12.1. The first-order valence-electron chi connectivity index (χ1n) is 4.77. The molecule has 8 heteroatoms. The Labute approximate surface area is 91.9 Å². The van der Waals surface area contributed by atoms with E-state index in [1.54, 1.807) is 0 Å². The highest BCUT2D eigenvalue weighted by atomic mass is 16.8. The van der Waals surface area contributed by atoms with Crippen molar-refractivity contribution in [3.05, 3.63) is 10.9 Å². The van der Waals surface area contributed by atoms with Crippen molar-refractivity contribution >= 4 is 6.09 Å². The molecule has 0 aromatic carbocycles. The fourth-order valence-electron chi connectivity index (χ4n) is 1.05. The summed E-state index contributed by atoms with van der Waals surface area (Å²) in [5.74, 6) is 0.121. The molecule has 0 fully saturated rings. The molecule has 0 radical (unpaired) electrons. The van der Waals surface area contributed by atoms with Crippen LogP contribution in [-0.2, 0) is 6.54 Å². The number of amides is 1. The van der Waals surface area contributed by atoms with Gasteiger partial charge in [0.1, 0.15) is 0 Å². The zero-order valence-electron chi connectivity index (χ0n) is 9.10. The van der Waals surface area contributed by atoms with Crippen LogP contribution >= 0.6 is 0 Å². The second kappa shape index (κ2) is 5.31. The van der Waals surface area contributed by atoms with Crippen LogP contribution in [-0.4, -0.2) is 17.8 Å².